The largest absolute Gasteiger partial charge is 0.309 e. The van der Waals surface area contributed by atoms with E-state index >= 15 is 0 Å². The Bertz CT molecular complexity index is 298. The Morgan fingerprint density at radius 3 is 3.00 bits per heavy atom. The van der Waals surface area contributed by atoms with Crippen LogP contribution < -0.4 is 5.32 Å². The van der Waals surface area contributed by atoms with Crippen LogP contribution >= 0.6 is 11.3 Å². The Labute approximate surface area is 83.4 Å². The lowest BCUT2D eigenvalue weighted by atomic mass is 10.2. The maximum Gasteiger partial charge on any atom is 0.0897 e. The molecule has 0 aliphatic carbocycles. The molecule has 1 aromatic heterocycles. The van der Waals surface area contributed by atoms with Gasteiger partial charge in [-0.25, -0.2) is 4.98 Å². The topological polar surface area (TPSA) is 24.9 Å². The fourth-order valence-electron chi connectivity index (χ4n) is 1.18. The van der Waals surface area contributed by atoms with Gasteiger partial charge in [0.05, 0.1) is 11.0 Å². The predicted molar refractivity (Wildman–Crippen MR) is 56.7 cm³/mol. The van der Waals surface area contributed by atoms with Gasteiger partial charge in [-0.1, -0.05) is 6.92 Å². The summed E-state index contributed by atoms with van der Waals surface area (Å²) in [5.74, 6) is 2.68. The Morgan fingerprint density at radius 2 is 2.54 bits per heavy atom. The molecule has 3 heteroatoms. The van der Waals surface area contributed by atoms with E-state index in [1.807, 2.05) is 13.1 Å². The molecule has 0 aromatic carbocycles. The molecule has 0 radical (unpaired) electrons. The number of nitrogens with zero attached hydrogens (tertiary/aromatic N) is 1. The summed E-state index contributed by atoms with van der Waals surface area (Å²) in [5, 5.41) is 4.43. The van der Waals surface area contributed by atoms with E-state index in [1.54, 1.807) is 11.3 Å². The van der Waals surface area contributed by atoms with E-state index in [0.29, 0.717) is 0 Å². The Hall–Kier alpha value is -0.850. The number of aromatic nitrogens is 1. The van der Waals surface area contributed by atoms with Crippen LogP contribution in [-0.2, 0) is 0 Å². The summed E-state index contributed by atoms with van der Waals surface area (Å²) in [5.41, 5.74) is 0. The molecule has 0 amide bonds. The predicted octanol–water partition coefficient (Wildman–Crippen LogP) is 2.13. The van der Waals surface area contributed by atoms with Crippen molar-refractivity contribution in [3.8, 4) is 12.3 Å². The van der Waals surface area contributed by atoms with Crippen LogP contribution in [0.3, 0.4) is 0 Å². The third kappa shape index (κ3) is 2.83. The maximum atomic E-state index is 5.30. The highest BCUT2D eigenvalue weighted by molar-refractivity contribution is 7.11. The molecule has 2 nitrogen and oxygen atoms in total. The molecular formula is C10H14N2S. The molecular weight excluding hydrogens is 180 g/mol. The van der Waals surface area contributed by atoms with Crippen LogP contribution in [0, 0.1) is 19.3 Å². The second-order valence-corrected chi connectivity index (χ2v) is 4.07. The average molecular weight is 194 g/mol. The number of hydrogen-bond donors (Lipinski definition) is 1. The van der Waals surface area contributed by atoms with Gasteiger partial charge in [0.2, 0.25) is 0 Å². The molecule has 0 fully saturated rings. The lowest BCUT2D eigenvalue weighted by Crippen LogP contribution is -2.19. The normalized spacial score (nSPS) is 12.4. The summed E-state index contributed by atoms with van der Waals surface area (Å²) in [7, 11) is 0. The van der Waals surface area contributed by atoms with Gasteiger partial charge >= 0.3 is 0 Å². The van der Waals surface area contributed by atoms with Crippen molar-refractivity contribution in [2.24, 2.45) is 0 Å². The standard InChI is InChI=1S/C10H14N2S/c1-4-6-9(11-5-2)10-7-12-8(3)13-10/h1,7,9,11H,5-6H2,2-3H3. The van der Waals surface area contributed by atoms with Crippen LogP contribution in [0.2, 0.25) is 0 Å². The molecule has 1 rings (SSSR count). The van der Waals surface area contributed by atoms with Crippen molar-refractivity contribution in [2.45, 2.75) is 26.3 Å². The van der Waals surface area contributed by atoms with Crippen molar-refractivity contribution in [1.82, 2.24) is 10.3 Å². The van der Waals surface area contributed by atoms with E-state index < -0.39 is 0 Å². The minimum atomic E-state index is 0.279. The summed E-state index contributed by atoms with van der Waals surface area (Å²) < 4.78 is 0. The summed E-state index contributed by atoms with van der Waals surface area (Å²) in [6.07, 6.45) is 7.94. The lowest BCUT2D eigenvalue weighted by Gasteiger charge is -2.11. The highest BCUT2D eigenvalue weighted by Gasteiger charge is 2.10. The third-order valence-electron chi connectivity index (χ3n) is 1.76. The highest BCUT2D eigenvalue weighted by Crippen LogP contribution is 2.22. The molecule has 1 atom stereocenters. The highest BCUT2D eigenvalue weighted by atomic mass is 32.1. The maximum absolute atomic E-state index is 5.30. The number of terminal acetylenes is 1. The smallest absolute Gasteiger partial charge is 0.0897 e. The number of nitrogens with one attached hydrogen (secondary N) is 1. The lowest BCUT2D eigenvalue weighted by molar-refractivity contribution is 0.573. The van der Waals surface area contributed by atoms with E-state index in [2.05, 4.69) is 23.1 Å². The van der Waals surface area contributed by atoms with Crippen molar-refractivity contribution in [2.75, 3.05) is 6.54 Å². The van der Waals surface area contributed by atoms with Gasteiger partial charge in [0, 0.05) is 17.5 Å². The fourth-order valence-corrected chi connectivity index (χ4v) is 2.04. The van der Waals surface area contributed by atoms with Gasteiger partial charge < -0.3 is 5.32 Å². The quantitative estimate of drug-likeness (QED) is 0.743. The molecule has 0 bridgehead atoms. The van der Waals surface area contributed by atoms with Crippen LogP contribution in [0.4, 0.5) is 0 Å². The van der Waals surface area contributed by atoms with Crippen LogP contribution in [0.5, 0.6) is 0 Å². The minimum Gasteiger partial charge on any atom is -0.309 e. The summed E-state index contributed by atoms with van der Waals surface area (Å²) in [4.78, 5) is 5.45. The first-order valence-electron chi connectivity index (χ1n) is 4.37. The van der Waals surface area contributed by atoms with E-state index in [9.17, 15) is 0 Å². The number of hydrogen-bond acceptors (Lipinski definition) is 3. The van der Waals surface area contributed by atoms with E-state index in [4.69, 9.17) is 6.42 Å². The molecule has 0 spiro atoms. The first-order valence-corrected chi connectivity index (χ1v) is 5.18. The second kappa shape index (κ2) is 5.00. The van der Waals surface area contributed by atoms with Gasteiger partial charge in [-0.05, 0) is 13.5 Å². The molecule has 0 saturated carbocycles. The second-order valence-electron chi connectivity index (χ2n) is 2.80. The van der Waals surface area contributed by atoms with Gasteiger partial charge in [0.1, 0.15) is 0 Å². The van der Waals surface area contributed by atoms with Crippen LogP contribution in [-0.4, -0.2) is 11.5 Å². The molecule has 1 heterocycles. The zero-order valence-corrected chi connectivity index (χ0v) is 8.82. The minimum absolute atomic E-state index is 0.279. The van der Waals surface area contributed by atoms with Crippen LogP contribution in [0.15, 0.2) is 6.20 Å². The number of thiazole rings is 1. The molecule has 0 aliphatic rings. The summed E-state index contributed by atoms with van der Waals surface area (Å²) in [6.45, 7) is 5.02. The van der Waals surface area contributed by atoms with Crippen molar-refractivity contribution >= 4 is 11.3 Å². The Balaban J connectivity index is 2.70. The van der Waals surface area contributed by atoms with Crippen molar-refractivity contribution in [1.29, 1.82) is 0 Å². The summed E-state index contributed by atoms with van der Waals surface area (Å²) in [6, 6.07) is 0.279. The number of aryl methyl sites for hydroxylation is 1. The van der Waals surface area contributed by atoms with Gasteiger partial charge in [-0.15, -0.1) is 23.7 Å². The first-order chi connectivity index (χ1) is 6.27. The molecule has 1 N–H and O–H groups in total. The molecule has 70 valence electrons. The van der Waals surface area contributed by atoms with Crippen molar-refractivity contribution < 1.29 is 0 Å². The van der Waals surface area contributed by atoms with Gasteiger partial charge in [0.15, 0.2) is 0 Å². The third-order valence-corrected chi connectivity index (χ3v) is 2.78. The number of rotatable bonds is 4. The fraction of sp³-hybridized carbons (Fsp3) is 0.500. The average Bonchev–Trinajstić information content (AvgIpc) is 2.51. The zero-order chi connectivity index (χ0) is 9.68. The molecule has 13 heavy (non-hydrogen) atoms. The van der Waals surface area contributed by atoms with Gasteiger partial charge in [-0.3, -0.25) is 0 Å². The van der Waals surface area contributed by atoms with Crippen molar-refractivity contribution in [3.05, 3.63) is 16.1 Å². The van der Waals surface area contributed by atoms with E-state index in [1.165, 1.54) is 4.88 Å². The van der Waals surface area contributed by atoms with Crippen LogP contribution in [0.25, 0.3) is 0 Å². The summed E-state index contributed by atoms with van der Waals surface area (Å²) >= 11 is 1.71. The monoisotopic (exact) mass is 194 g/mol. The molecule has 0 aliphatic heterocycles. The van der Waals surface area contributed by atoms with E-state index in [0.717, 1.165) is 18.0 Å². The van der Waals surface area contributed by atoms with Gasteiger partial charge in [0.25, 0.3) is 0 Å². The molecule has 0 saturated heterocycles. The Morgan fingerprint density at radius 1 is 1.77 bits per heavy atom. The SMILES string of the molecule is C#CCC(NCC)c1cnc(C)s1. The molecule has 1 unspecified atom stereocenters. The Kier molecular flexibility index (Phi) is 3.94. The van der Waals surface area contributed by atoms with Crippen LogP contribution in [0.1, 0.15) is 29.3 Å². The van der Waals surface area contributed by atoms with Gasteiger partial charge in [-0.2, -0.15) is 0 Å². The van der Waals surface area contributed by atoms with E-state index in [-0.39, 0.29) is 6.04 Å². The molecule has 1 aromatic rings. The van der Waals surface area contributed by atoms with Crippen molar-refractivity contribution in [3.63, 3.8) is 0 Å². The first kappa shape index (κ1) is 10.2. The zero-order valence-electron chi connectivity index (χ0n) is 8.00.